The molecule has 11 heteroatoms. The van der Waals surface area contributed by atoms with Gasteiger partial charge in [-0.05, 0) is 15.9 Å². The van der Waals surface area contributed by atoms with Crippen LogP contribution in [0.15, 0.2) is 4.47 Å². The molecule has 0 unspecified atom stereocenters. The third-order valence-corrected chi connectivity index (χ3v) is 8.60. The van der Waals surface area contributed by atoms with E-state index in [0.717, 1.165) is 0 Å². The van der Waals surface area contributed by atoms with Gasteiger partial charge in [0.1, 0.15) is 0 Å². The van der Waals surface area contributed by atoms with E-state index in [9.17, 15) is 17.6 Å². The normalized spacial score (nSPS) is 23.5. The van der Waals surface area contributed by atoms with Crippen LogP contribution in [0.3, 0.4) is 0 Å². The summed E-state index contributed by atoms with van der Waals surface area (Å²) in [5, 5.41) is -0.744. The Morgan fingerprint density at radius 1 is 0.882 bits per heavy atom. The third-order valence-electron chi connectivity index (χ3n) is 2.08. The molecule has 1 saturated heterocycles. The van der Waals surface area contributed by atoms with Gasteiger partial charge in [0.25, 0.3) is 20.0 Å². The number of halogens is 5. The fraction of sp³-hybridized carbons (Fsp3) is 0. The van der Waals surface area contributed by atoms with E-state index in [-0.39, 0.29) is 0 Å². The Hall–Kier alpha value is -0.0494. The van der Waals surface area contributed by atoms with E-state index in [1.807, 2.05) is 0 Å². The topological polar surface area (TPSA) is 27.7 Å². The highest BCUT2D eigenvalue weighted by atomic mass is 79.9. The number of hydrogen-bond acceptors (Lipinski definition) is 3. The Kier molecular flexibility index (Phi) is 4.17. The molecule has 3 nitrogen and oxygen atoms in total. The molecule has 0 radical (unpaired) electrons. The van der Waals surface area contributed by atoms with Crippen molar-refractivity contribution < 1.29 is 29.9 Å². The van der Waals surface area contributed by atoms with Crippen molar-refractivity contribution in [2.24, 2.45) is 0 Å². The zero-order valence-corrected chi connectivity index (χ0v) is 13.7. The van der Waals surface area contributed by atoms with E-state index in [4.69, 9.17) is 12.3 Å². The lowest BCUT2D eigenvalue weighted by Gasteiger charge is -2.23. The second-order valence-corrected chi connectivity index (χ2v) is 9.89. The highest BCUT2D eigenvalue weighted by Crippen LogP contribution is 2.23. The fourth-order valence-electron chi connectivity index (χ4n) is 1.30. The SMILES string of the molecule is Fc1c(F)c([SiH]2O[SiH2]O[SiH2]O2)c(F)c(F)c1Br. The average molecular weight is 365 g/mol. The minimum absolute atomic E-state index is 0.744. The van der Waals surface area contributed by atoms with Crippen LogP contribution in [0.25, 0.3) is 0 Å². The lowest BCUT2D eigenvalue weighted by molar-refractivity contribution is 0.329. The monoisotopic (exact) mass is 364 g/mol. The summed E-state index contributed by atoms with van der Waals surface area (Å²) in [5.41, 5.74) is 0. The standard InChI is InChI=1S/C6H5BrF4O3Si3/c7-1-2(8)4(10)6(5(11)3(1)9)17-13-15-12-16-14-17/h17H,15-16H2. The van der Waals surface area contributed by atoms with Crippen LogP contribution in [0, 0.1) is 23.3 Å². The smallest absolute Gasteiger partial charge is 0.343 e. The maximum atomic E-state index is 13.5. The van der Waals surface area contributed by atoms with Crippen molar-refractivity contribution in [1.29, 1.82) is 0 Å². The molecular formula is C6H5BrF4O3Si3. The lowest BCUT2D eigenvalue weighted by atomic mass is 10.3. The van der Waals surface area contributed by atoms with Crippen molar-refractivity contribution in [3.05, 3.63) is 27.7 Å². The first kappa shape index (κ1) is 13.4. The maximum absolute atomic E-state index is 13.5. The van der Waals surface area contributed by atoms with Crippen molar-refractivity contribution in [2.45, 2.75) is 0 Å². The van der Waals surface area contributed by atoms with E-state index in [0.29, 0.717) is 0 Å². The van der Waals surface area contributed by atoms with Gasteiger partial charge >= 0.3 is 9.28 Å². The summed E-state index contributed by atoms with van der Waals surface area (Å²) >= 11 is 2.44. The molecule has 0 amide bonds. The van der Waals surface area contributed by atoms with Crippen LogP contribution < -0.4 is 5.19 Å². The van der Waals surface area contributed by atoms with Crippen LogP contribution in [0.5, 0.6) is 0 Å². The van der Waals surface area contributed by atoms with Crippen LogP contribution in [0.1, 0.15) is 0 Å². The molecule has 0 bridgehead atoms. The summed E-state index contributed by atoms with van der Waals surface area (Å²) < 4.78 is 67.7. The Bertz CT molecular complexity index is 428. The van der Waals surface area contributed by atoms with E-state index >= 15 is 0 Å². The van der Waals surface area contributed by atoms with Crippen LogP contribution >= 0.6 is 15.9 Å². The van der Waals surface area contributed by atoms with Crippen molar-refractivity contribution in [3.63, 3.8) is 0 Å². The molecule has 0 aromatic heterocycles. The molecule has 0 saturated carbocycles. The van der Waals surface area contributed by atoms with E-state index < -0.39 is 62.2 Å². The molecule has 0 aliphatic carbocycles. The Labute approximate surface area is 108 Å². The van der Waals surface area contributed by atoms with Gasteiger partial charge in [0.05, 0.1) is 9.66 Å². The molecule has 2 rings (SSSR count). The van der Waals surface area contributed by atoms with E-state index in [2.05, 4.69) is 15.9 Å². The predicted molar refractivity (Wildman–Crippen MR) is 61.1 cm³/mol. The second kappa shape index (κ2) is 5.29. The van der Waals surface area contributed by atoms with Crippen molar-refractivity contribution in [2.75, 3.05) is 0 Å². The van der Waals surface area contributed by atoms with Crippen molar-refractivity contribution in [3.8, 4) is 0 Å². The van der Waals surface area contributed by atoms with Gasteiger partial charge in [-0.25, -0.2) is 17.6 Å². The van der Waals surface area contributed by atoms with Crippen molar-refractivity contribution >= 4 is 50.4 Å². The Morgan fingerprint density at radius 2 is 1.35 bits per heavy atom. The molecule has 17 heavy (non-hydrogen) atoms. The molecule has 1 heterocycles. The van der Waals surface area contributed by atoms with Gasteiger partial charge in [-0.3, -0.25) is 0 Å². The maximum Gasteiger partial charge on any atom is 0.343 e. The number of benzene rings is 1. The Balaban J connectivity index is 2.52. The summed E-state index contributed by atoms with van der Waals surface area (Å²) in [6.07, 6.45) is 0. The van der Waals surface area contributed by atoms with Gasteiger partial charge < -0.3 is 12.3 Å². The molecule has 0 N–H and O–H groups in total. The summed E-state index contributed by atoms with van der Waals surface area (Å²) in [5.74, 6) is -5.88. The fourth-order valence-corrected chi connectivity index (χ4v) is 8.66. The Morgan fingerprint density at radius 3 is 1.82 bits per heavy atom. The summed E-state index contributed by atoms with van der Waals surface area (Å²) in [4.78, 5) is 0. The highest BCUT2D eigenvalue weighted by Gasteiger charge is 2.33. The third kappa shape index (κ3) is 2.40. The highest BCUT2D eigenvalue weighted by molar-refractivity contribution is 9.10. The minimum Gasteiger partial charge on any atom is -0.425 e. The zero-order chi connectivity index (χ0) is 12.6. The quantitative estimate of drug-likeness (QED) is 0.291. The first-order chi connectivity index (χ1) is 8.04. The number of rotatable bonds is 1. The van der Waals surface area contributed by atoms with Gasteiger partial charge in [-0.2, -0.15) is 0 Å². The van der Waals surface area contributed by atoms with Gasteiger partial charge in [-0.15, -0.1) is 0 Å². The molecule has 0 spiro atoms. The van der Waals surface area contributed by atoms with Gasteiger partial charge in [0.2, 0.25) is 0 Å². The summed E-state index contributed by atoms with van der Waals surface area (Å²) in [7, 11) is -5.57. The van der Waals surface area contributed by atoms with Crippen LogP contribution in [-0.2, 0) is 12.3 Å². The molecular weight excluding hydrogens is 360 g/mol. The minimum atomic E-state index is -2.89. The molecule has 1 aromatic carbocycles. The van der Waals surface area contributed by atoms with Crippen LogP contribution in [0.2, 0.25) is 0 Å². The molecule has 0 atom stereocenters. The molecule has 1 aromatic rings. The lowest BCUT2D eigenvalue weighted by Crippen LogP contribution is -2.48. The summed E-state index contributed by atoms with van der Waals surface area (Å²) in [6, 6.07) is 0. The first-order valence-corrected chi connectivity index (χ1v) is 8.98. The zero-order valence-electron chi connectivity index (χ0n) is 8.11. The average Bonchev–Trinajstić information content (AvgIpc) is 2.36. The van der Waals surface area contributed by atoms with Crippen molar-refractivity contribution in [1.82, 2.24) is 0 Å². The predicted octanol–water partition coefficient (Wildman–Crippen LogP) is -0.506. The molecule has 1 fully saturated rings. The summed E-state index contributed by atoms with van der Waals surface area (Å²) in [6.45, 7) is 0. The van der Waals surface area contributed by atoms with Gasteiger partial charge in [0.15, 0.2) is 23.3 Å². The molecule has 1 aliphatic heterocycles. The molecule has 94 valence electrons. The first-order valence-electron chi connectivity index (χ1n) is 4.36. The largest absolute Gasteiger partial charge is 0.425 e. The number of hydrogen-bond donors (Lipinski definition) is 0. The van der Waals surface area contributed by atoms with Crippen LogP contribution in [-0.4, -0.2) is 29.3 Å². The van der Waals surface area contributed by atoms with Crippen LogP contribution in [0.4, 0.5) is 17.6 Å². The van der Waals surface area contributed by atoms with Gasteiger partial charge in [-0.1, -0.05) is 0 Å². The van der Waals surface area contributed by atoms with Gasteiger partial charge in [0, 0.05) is 0 Å². The van der Waals surface area contributed by atoms with E-state index in [1.54, 1.807) is 0 Å². The molecule has 1 aliphatic rings. The second-order valence-electron chi connectivity index (χ2n) is 3.09. The van der Waals surface area contributed by atoms with E-state index in [1.165, 1.54) is 0 Å².